The minimum atomic E-state index is -0.365. The molecular formula is C24H22N2O4S. The number of rotatable bonds is 7. The number of aryl methyl sites for hydroxylation is 1. The zero-order chi connectivity index (χ0) is 21.8. The van der Waals surface area contributed by atoms with Crippen LogP contribution in [-0.4, -0.2) is 21.4 Å². The van der Waals surface area contributed by atoms with Crippen LogP contribution in [0.15, 0.2) is 65.1 Å². The van der Waals surface area contributed by atoms with Crippen LogP contribution in [0.2, 0.25) is 0 Å². The Morgan fingerprint density at radius 3 is 2.74 bits per heavy atom. The normalized spacial score (nSPS) is 16.5. The van der Waals surface area contributed by atoms with Crippen LogP contribution in [0.25, 0.3) is 17.0 Å². The molecule has 2 heterocycles. The van der Waals surface area contributed by atoms with Crippen molar-refractivity contribution in [3.8, 4) is 17.2 Å². The fraction of sp³-hybridized carbons (Fsp3) is 0.208. The average molecular weight is 435 g/mol. The lowest BCUT2D eigenvalue weighted by molar-refractivity contribution is -0.118. The van der Waals surface area contributed by atoms with Gasteiger partial charge in [-0.3, -0.25) is 14.9 Å². The second-order valence-electron chi connectivity index (χ2n) is 7.21. The lowest BCUT2D eigenvalue weighted by atomic mass is 10.1. The van der Waals surface area contributed by atoms with Crippen molar-refractivity contribution in [1.82, 2.24) is 10.3 Å². The van der Waals surface area contributed by atoms with Crippen molar-refractivity contribution in [2.45, 2.75) is 32.1 Å². The molecule has 0 saturated carbocycles. The molecule has 1 aromatic heterocycles. The number of benzene rings is 2. The smallest absolute Gasteiger partial charge is 0.286 e. The maximum Gasteiger partial charge on any atom is 0.286 e. The minimum absolute atomic E-state index is 0.228. The van der Waals surface area contributed by atoms with Gasteiger partial charge in [0, 0.05) is 5.56 Å². The van der Waals surface area contributed by atoms with Crippen molar-refractivity contribution in [2.75, 3.05) is 0 Å². The first-order chi connectivity index (χ1) is 15.0. The number of nitrogens with one attached hydrogen (secondary N) is 1. The molecule has 0 spiro atoms. The Kier molecular flexibility index (Phi) is 6.23. The number of carbonyl (C=O) groups is 2. The monoisotopic (exact) mass is 434 g/mol. The second kappa shape index (κ2) is 9.22. The molecule has 0 radical (unpaired) electrons. The molecule has 0 bridgehead atoms. The molecule has 3 aromatic rings. The van der Waals surface area contributed by atoms with Crippen LogP contribution >= 0.6 is 11.8 Å². The number of hydrogen-bond acceptors (Lipinski definition) is 6. The Labute approximate surface area is 184 Å². The van der Waals surface area contributed by atoms with Gasteiger partial charge in [0.1, 0.15) is 23.8 Å². The van der Waals surface area contributed by atoms with Crippen LogP contribution in [0.5, 0.6) is 5.75 Å². The van der Waals surface area contributed by atoms with E-state index in [4.69, 9.17) is 9.15 Å². The van der Waals surface area contributed by atoms with Crippen molar-refractivity contribution in [2.24, 2.45) is 0 Å². The van der Waals surface area contributed by atoms with E-state index in [-0.39, 0.29) is 16.4 Å². The molecule has 1 atom stereocenters. The number of oxazole rings is 1. The number of allylic oxidation sites excluding steroid dienone is 2. The van der Waals surface area contributed by atoms with Gasteiger partial charge in [-0.1, -0.05) is 48.2 Å². The van der Waals surface area contributed by atoms with E-state index >= 15 is 0 Å². The molecule has 2 amide bonds. The molecular weight excluding hydrogens is 412 g/mol. The SMILES string of the molecule is CC(=CCC1SC(=O)NC1=O)c1cccc(OCc2nc(-c3ccccc3)oc2C)c1. The summed E-state index contributed by atoms with van der Waals surface area (Å²) in [7, 11) is 0. The summed E-state index contributed by atoms with van der Waals surface area (Å²) in [6.07, 6.45) is 2.47. The summed E-state index contributed by atoms with van der Waals surface area (Å²) in [5.74, 6) is 1.80. The second-order valence-corrected chi connectivity index (χ2v) is 8.39. The van der Waals surface area contributed by atoms with Crippen LogP contribution in [0.4, 0.5) is 4.79 Å². The molecule has 0 aliphatic carbocycles. The van der Waals surface area contributed by atoms with E-state index in [9.17, 15) is 9.59 Å². The number of imide groups is 1. The van der Waals surface area contributed by atoms with Gasteiger partial charge in [-0.05, 0) is 55.7 Å². The molecule has 1 fully saturated rings. The Morgan fingerprint density at radius 2 is 2.00 bits per heavy atom. The number of amides is 2. The van der Waals surface area contributed by atoms with E-state index in [2.05, 4.69) is 10.3 Å². The topological polar surface area (TPSA) is 81.4 Å². The summed E-state index contributed by atoms with van der Waals surface area (Å²) in [6, 6.07) is 17.5. The van der Waals surface area contributed by atoms with Crippen molar-refractivity contribution in [3.63, 3.8) is 0 Å². The zero-order valence-electron chi connectivity index (χ0n) is 17.3. The number of hydrogen-bond donors (Lipinski definition) is 1. The van der Waals surface area contributed by atoms with Gasteiger partial charge in [-0.15, -0.1) is 0 Å². The molecule has 2 aromatic carbocycles. The highest BCUT2D eigenvalue weighted by Crippen LogP contribution is 2.27. The van der Waals surface area contributed by atoms with Gasteiger partial charge in [0.05, 0.1) is 5.25 Å². The van der Waals surface area contributed by atoms with Crippen molar-refractivity contribution >= 4 is 28.5 Å². The lowest BCUT2D eigenvalue weighted by Gasteiger charge is -2.08. The van der Waals surface area contributed by atoms with Gasteiger partial charge in [0.15, 0.2) is 0 Å². The van der Waals surface area contributed by atoms with Crippen LogP contribution < -0.4 is 10.1 Å². The molecule has 1 N–H and O–H groups in total. The van der Waals surface area contributed by atoms with Crippen molar-refractivity contribution in [1.29, 1.82) is 0 Å². The van der Waals surface area contributed by atoms with Crippen molar-refractivity contribution in [3.05, 3.63) is 77.7 Å². The van der Waals surface area contributed by atoms with E-state index < -0.39 is 0 Å². The third-order valence-corrected chi connectivity index (χ3v) is 5.99. The highest BCUT2D eigenvalue weighted by atomic mass is 32.2. The fourth-order valence-electron chi connectivity index (χ4n) is 3.20. The third-order valence-electron chi connectivity index (χ3n) is 4.98. The average Bonchev–Trinajstić information content (AvgIpc) is 3.32. The Balaban J connectivity index is 1.41. The highest BCUT2D eigenvalue weighted by molar-refractivity contribution is 8.15. The van der Waals surface area contributed by atoms with Gasteiger partial charge in [-0.2, -0.15) is 0 Å². The standard InChI is InChI=1S/C24H22N2O4S/c1-15(11-12-21-22(27)26-24(28)31-21)18-9-6-10-19(13-18)29-14-20-16(2)30-23(25-20)17-7-4-3-5-8-17/h3-11,13,21H,12,14H2,1-2H3,(H,26,27,28). The Hall–Kier alpha value is -3.32. The predicted octanol–water partition coefficient (Wildman–Crippen LogP) is 5.37. The number of aromatic nitrogens is 1. The summed E-state index contributed by atoms with van der Waals surface area (Å²) in [6.45, 7) is 4.16. The molecule has 6 nitrogen and oxygen atoms in total. The van der Waals surface area contributed by atoms with Gasteiger partial charge in [0.25, 0.3) is 5.24 Å². The Morgan fingerprint density at radius 1 is 1.19 bits per heavy atom. The number of ether oxygens (including phenoxy) is 1. The molecule has 1 saturated heterocycles. The zero-order valence-corrected chi connectivity index (χ0v) is 18.1. The van der Waals surface area contributed by atoms with E-state index in [0.717, 1.165) is 45.7 Å². The van der Waals surface area contributed by atoms with E-state index in [1.807, 2.05) is 74.5 Å². The number of nitrogens with zero attached hydrogens (tertiary/aromatic N) is 1. The van der Waals surface area contributed by atoms with Crippen LogP contribution in [0, 0.1) is 6.92 Å². The molecule has 1 aliphatic heterocycles. The molecule has 31 heavy (non-hydrogen) atoms. The molecule has 1 aliphatic rings. The van der Waals surface area contributed by atoms with Gasteiger partial charge in [-0.25, -0.2) is 4.98 Å². The van der Waals surface area contributed by atoms with Gasteiger partial charge >= 0.3 is 0 Å². The first-order valence-corrected chi connectivity index (χ1v) is 10.8. The molecule has 158 valence electrons. The van der Waals surface area contributed by atoms with Crippen LogP contribution in [-0.2, 0) is 11.4 Å². The third kappa shape index (κ3) is 5.06. The number of thioether (sulfide) groups is 1. The predicted molar refractivity (Wildman–Crippen MR) is 121 cm³/mol. The van der Waals surface area contributed by atoms with E-state index in [0.29, 0.717) is 18.9 Å². The van der Waals surface area contributed by atoms with Crippen LogP contribution in [0.1, 0.15) is 30.4 Å². The summed E-state index contributed by atoms with van der Waals surface area (Å²) >= 11 is 1.04. The fourth-order valence-corrected chi connectivity index (χ4v) is 3.98. The maximum absolute atomic E-state index is 11.7. The van der Waals surface area contributed by atoms with E-state index in [1.54, 1.807) is 0 Å². The van der Waals surface area contributed by atoms with Crippen LogP contribution in [0.3, 0.4) is 0 Å². The molecule has 4 rings (SSSR count). The summed E-state index contributed by atoms with van der Waals surface area (Å²) < 4.78 is 11.7. The number of carbonyl (C=O) groups excluding carboxylic acids is 2. The maximum atomic E-state index is 11.7. The molecule has 7 heteroatoms. The minimum Gasteiger partial charge on any atom is -0.487 e. The van der Waals surface area contributed by atoms with Gasteiger partial charge < -0.3 is 9.15 Å². The highest BCUT2D eigenvalue weighted by Gasteiger charge is 2.30. The summed E-state index contributed by atoms with van der Waals surface area (Å²) in [4.78, 5) is 27.6. The molecule has 1 unspecified atom stereocenters. The Bertz CT molecular complexity index is 1140. The summed E-state index contributed by atoms with van der Waals surface area (Å²) in [5.41, 5.74) is 3.69. The van der Waals surface area contributed by atoms with E-state index in [1.165, 1.54) is 0 Å². The largest absolute Gasteiger partial charge is 0.487 e. The lowest BCUT2D eigenvalue weighted by Crippen LogP contribution is -2.23. The first-order valence-electron chi connectivity index (χ1n) is 9.93. The summed E-state index contributed by atoms with van der Waals surface area (Å²) in [5, 5.41) is 1.66. The van der Waals surface area contributed by atoms with Gasteiger partial charge in [0.2, 0.25) is 11.8 Å². The first kappa shape index (κ1) is 20.9. The quantitative estimate of drug-likeness (QED) is 0.538. The van der Waals surface area contributed by atoms with Crippen molar-refractivity contribution < 1.29 is 18.7 Å².